The van der Waals surface area contributed by atoms with Crippen molar-refractivity contribution in [1.29, 1.82) is 0 Å². The zero-order chi connectivity index (χ0) is 15.1. The summed E-state index contributed by atoms with van der Waals surface area (Å²) in [6.07, 6.45) is 0.0528. The number of methoxy groups -OCH3 is 1. The Hall–Kier alpha value is -1.49. The van der Waals surface area contributed by atoms with Crippen molar-refractivity contribution in [3.8, 4) is 0 Å². The number of rotatable bonds is 3. The molecule has 1 aliphatic rings. The van der Waals surface area contributed by atoms with Crippen molar-refractivity contribution in [2.45, 2.75) is 32.9 Å². The Morgan fingerprint density at radius 3 is 2.25 bits per heavy atom. The monoisotopic (exact) mass is 283 g/mol. The third kappa shape index (κ3) is 2.42. The molecule has 0 bridgehead atoms. The SMILES string of the molecule is CO[C@@H]1[C@@H](C)[C@@H](NC(=O)c2cc(F)cc(F)c2)C1(C)C. The normalized spacial score (nSPS) is 27.8. The minimum absolute atomic E-state index is 0.00799. The summed E-state index contributed by atoms with van der Waals surface area (Å²) in [6.45, 7) is 5.98. The Balaban J connectivity index is 2.13. The summed E-state index contributed by atoms with van der Waals surface area (Å²) in [5, 5.41) is 2.84. The van der Waals surface area contributed by atoms with Crippen LogP contribution in [-0.2, 0) is 4.74 Å². The van der Waals surface area contributed by atoms with Gasteiger partial charge in [0, 0.05) is 36.1 Å². The number of hydrogen-bond acceptors (Lipinski definition) is 2. The average molecular weight is 283 g/mol. The molecule has 1 amide bonds. The van der Waals surface area contributed by atoms with Crippen molar-refractivity contribution >= 4 is 5.91 Å². The van der Waals surface area contributed by atoms with Crippen molar-refractivity contribution in [1.82, 2.24) is 5.32 Å². The highest BCUT2D eigenvalue weighted by atomic mass is 19.1. The first kappa shape index (κ1) is 14.9. The van der Waals surface area contributed by atoms with Crippen LogP contribution in [0.5, 0.6) is 0 Å². The topological polar surface area (TPSA) is 38.3 Å². The first-order valence-corrected chi connectivity index (χ1v) is 6.57. The number of carbonyl (C=O) groups is 1. The molecule has 0 aromatic heterocycles. The Morgan fingerprint density at radius 1 is 1.25 bits per heavy atom. The minimum Gasteiger partial charge on any atom is -0.380 e. The fraction of sp³-hybridized carbons (Fsp3) is 0.533. The molecule has 0 unspecified atom stereocenters. The maximum Gasteiger partial charge on any atom is 0.251 e. The van der Waals surface area contributed by atoms with Crippen LogP contribution in [0.2, 0.25) is 0 Å². The second kappa shape index (κ2) is 5.13. The predicted octanol–water partition coefficient (Wildman–Crippen LogP) is 2.75. The maximum absolute atomic E-state index is 13.1. The van der Waals surface area contributed by atoms with Crippen LogP contribution < -0.4 is 5.32 Å². The number of carbonyl (C=O) groups excluding carboxylic acids is 1. The Labute approximate surface area is 117 Å². The van der Waals surface area contributed by atoms with Gasteiger partial charge in [-0.25, -0.2) is 8.78 Å². The molecule has 5 heteroatoms. The summed E-state index contributed by atoms with van der Waals surface area (Å²) in [7, 11) is 1.64. The van der Waals surface area contributed by atoms with E-state index in [-0.39, 0.29) is 29.0 Å². The van der Waals surface area contributed by atoms with Crippen LogP contribution in [0.3, 0.4) is 0 Å². The summed E-state index contributed by atoms with van der Waals surface area (Å²) < 4.78 is 31.7. The van der Waals surface area contributed by atoms with Crippen LogP contribution in [0.15, 0.2) is 18.2 Å². The van der Waals surface area contributed by atoms with E-state index in [1.54, 1.807) is 7.11 Å². The lowest BCUT2D eigenvalue weighted by Crippen LogP contribution is -2.67. The van der Waals surface area contributed by atoms with E-state index in [1.807, 2.05) is 20.8 Å². The molecule has 0 heterocycles. The third-order valence-corrected chi connectivity index (χ3v) is 4.20. The van der Waals surface area contributed by atoms with Crippen molar-refractivity contribution in [3.63, 3.8) is 0 Å². The maximum atomic E-state index is 13.1. The molecular weight excluding hydrogens is 264 g/mol. The van der Waals surface area contributed by atoms with E-state index >= 15 is 0 Å². The molecule has 3 nitrogen and oxygen atoms in total. The standard InChI is InChI=1S/C15H19F2NO2/c1-8-12(15(2,3)13(8)20-4)18-14(19)9-5-10(16)7-11(17)6-9/h5-8,12-13H,1-4H3,(H,18,19)/t8-,12+,13+/m0/s1. The van der Waals surface area contributed by atoms with Gasteiger partial charge in [0.25, 0.3) is 5.91 Å². The lowest BCUT2D eigenvalue weighted by atomic mass is 9.58. The van der Waals surface area contributed by atoms with Gasteiger partial charge in [-0.15, -0.1) is 0 Å². The van der Waals surface area contributed by atoms with Gasteiger partial charge in [-0.05, 0) is 12.1 Å². The zero-order valence-electron chi connectivity index (χ0n) is 12.0. The highest BCUT2D eigenvalue weighted by Crippen LogP contribution is 2.46. The fourth-order valence-electron chi connectivity index (χ4n) is 3.33. The van der Waals surface area contributed by atoms with E-state index in [9.17, 15) is 13.6 Å². The van der Waals surface area contributed by atoms with E-state index in [1.165, 1.54) is 0 Å². The van der Waals surface area contributed by atoms with Crippen LogP contribution in [0.4, 0.5) is 8.78 Å². The summed E-state index contributed by atoms with van der Waals surface area (Å²) in [5.41, 5.74) is -0.221. The van der Waals surface area contributed by atoms with Gasteiger partial charge in [-0.3, -0.25) is 4.79 Å². The van der Waals surface area contributed by atoms with Gasteiger partial charge in [0.2, 0.25) is 0 Å². The lowest BCUT2D eigenvalue weighted by Gasteiger charge is -2.56. The minimum atomic E-state index is -0.758. The number of halogens is 2. The highest BCUT2D eigenvalue weighted by molar-refractivity contribution is 5.94. The smallest absolute Gasteiger partial charge is 0.251 e. The molecule has 0 radical (unpaired) electrons. The number of hydrogen-bond donors (Lipinski definition) is 1. The first-order chi connectivity index (χ1) is 9.27. The number of ether oxygens (including phenoxy) is 1. The second-order valence-corrected chi connectivity index (χ2v) is 5.95. The molecular formula is C15H19F2NO2. The summed E-state index contributed by atoms with van der Waals surface area (Å²) >= 11 is 0. The summed E-state index contributed by atoms with van der Waals surface area (Å²) in [5.74, 6) is -1.84. The number of benzene rings is 1. The van der Waals surface area contributed by atoms with Gasteiger partial charge in [0.15, 0.2) is 0 Å². The van der Waals surface area contributed by atoms with Gasteiger partial charge in [-0.1, -0.05) is 20.8 Å². The molecule has 20 heavy (non-hydrogen) atoms. The Morgan fingerprint density at radius 2 is 1.80 bits per heavy atom. The molecule has 1 aliphatic carbocycles. The van der Waals surface area contributed by atoms with Gasteiger partial charge in [0.05, 0.1) is 6.10 Å². The van der Waals surface area contributed by atoms with E-state index < -0.39 is 17.5 Å². The molecule has 1 aromatic rings. The molecule has 110 valence electrons. The van der Waals surface area contributed by atoms with Crippen LogP contribution in [0.25, 0.3) is 0 Å². The quantitative estimate of drug-likeness (QED) is 0.926. The van der Waals surface area contributed by atoms with Gasteiger partial charge < -0.3 is 10.1 Å². The summed E-state index contributed by atoms with van der Waals surface area (Å²) in [4.78, 5) is 12.1. The molecule has 2 rings (SSSR count). The molecule has 1 fully saturated rings. The van der Waals surface area contributed by atoms with Crippen LogP contribution in [-0.4, -0.2) is 25.2 Å². The first-order valence-electron chi connectivity index (χ1n) is 6.57. The van der Waals surface area contributed by atoms with E-state index in [0.29, 0.717) is 0 Å². The van der Waals surface area contributed by atoms with Crippen molar-refractivity contribution in [2.75, 3.05) is 7.11 Å². The van der Waals surface area contributed by atoms with E-state index in [4.69, 9.17) is 4.74 Å². The zero-order valence-corrected chi connectivity index (χ0v) is 12.0. The van der Waals surface area contributed by atoms with Gasteiger partial charge in [-0.2, -0.15) is 0 Å². The largest absolute Gasteiger partial charge is 0.380 e. The molecule has 0 saturated heterocycles. The van der Waals surface area contributed by atoms with Crippen molar-refractivity contribution in [3.05, 3.63) is 35.4 Å². The molecule has 0 spiro atoms. The second-order valence-electron chi connectivity index (χ2n) is 5.95. The Kier molecular flexibility index (Phi) is 3.82. The van der Waals surface area contributed by atoms with E-state index in [2.05, 4.69) is 5.32 Å². The van der Waals surface area contributed by atoms with Crippen molar-refractivity contribution in [2.24, 2.45) is 11.3 Å². The van der Waals surface area contributed by atoms with Crippen molar-refractivity contribution < 1.29 is 18.3 Å². The highest BCUT2D eigenvalue weighted by Gasteiger charge is 2.55. The molecule has 1 saturated carbocycles. The average Bonchev–Trinajstić information content (AvgIpc) is 2.34. The summed E-state index contributed by atoms with van der Waals surface area (Å²) in [6, 6.07) is 2.71. The molecule has 3 atom stereocenters. The molecule has 1 aromatic carbocycles. The lowest BCUT2D eigenvalue weighted by molar-refractivity contribution is -0.141. The van der Waals surface area contributed by atoms with Crippen LogP contribution >= 0.6 is 0 Å². The number of amides is 1. The fourth-order valence-corrected chi connectivity index (χ4v) is 3.33. The van der Waals surface area contributed by atoms with E-state index in [0.717, 1.165) is 18.2 Å². The van der Waals surface area contributed by atoms with Gasteiger partial charge in [0.1, 0.15) is 11.6 Å². The van der Waals surface area contributed by atoms with Crippen LogP contribution in [0.1, 0.15) is 31.1 Å². The predicted molar refractivity (Wildman–Crippen MR) is 71.4 cm³/mol. The van der Waals surface area contributed by atoms with Gasteiger partial charge >= 0.3 is 0 Å². The molecule has 0 aliphatic heterocycles. The van der Waals surface area contributed by atoms with Crippen LogP contribution in [0, 0.1) is 23.0 Å². The Bertz CT molecular complexity index is 510. The molecule has 1 N–H and O–H groups in total. The third-order valence-electron chi connectivity index (χ3n) is 4.20. The number of nitrogens with one attached hydrogen (secondary N) is 1.